The Hall–Kier alpha value is -2.29. The summed E-state index contributed by atoms with van der Waals surface area (Å²) >= 11 is 12.4. The fourth-order valence-electron chi connectivity index (χ4n) is 5.29. The van der Waals surface area contributed by atoms with Crippen LogP contribution < -0.4 is 0 Å². The highest BCUT2D eigenvalue weighted by Gasteiger charge is 2.56. The van der Waals surface area contributed by atoms with Gasteiger partial charge in [-0.3, -0.25) is 9.59 Å². The zero-order valence-electron chi connectivity index (χ0n) is 20.7. The van der Waals surface area contributed by atoms with Gasteiger partial charge in [-0.15, -0.1) is 0 Å². The Bertz CT molecular complexity index is 1140. The number of carboxylic acid groups (broad SMARTS) is 1. The molecule has 0 aliphatic carbocycles. The number of benzene rings is 2. The number of aliphatic carboxylic acids is 1. The van der Waals surface area contributed by atoms with Crippen LogP contribution in [0.4, 0.5) is 13.2 Å². The smallest absolute Gasteiger partial charge is 0.416 e. The quantitative estimate of drug-likeness (QED) is 0.364. The molecule has 1 aliphatic rings. The number of likely N-dealkylation sites (tertiary alicyclic amines) is 1. The van der Waals surface area contributed by atoms with Gasteiger partial charge in [0.05, 0.1) is 17.9 Å². The lowest BCUT2D eigenvalue weighted by Crippen LogP contribution is -2.58. The van der Waals surface area contributed by atoms with Crippen LogP contribution in [0.25, 0.3) is 0 Å². The van der Waals surface area contributed by atoms with Gasteiger partial charge in [-0.2, -0.15) is 13.2 Å². The molecule has 0 aromatic heterocycles. The van der Waals surface area contributed by atoms with E-state index < -0.39 is 59.9 Å². The number of carbonyl (C=O) groups excluding carboxylic acids is 1. The van der Waals surface area contributed by atoms with Gasteiger partial charge in [0.1, 0.15) is 0 Å². The average Bonchev–Trinajstić information content (AvgIpc) is 2.78. The molecular weight excluding hydrogens is 530 g/mol. The van der Waals surface area contributed by atoms with Gasteiger partial charge in [-0.1, -0.05) is 61.3 Å². The Kier molecular flexibility index (Phi) is 8.57. The molecule has 0 bridgehead atoms. The Morgan fingerprint density at radius 1 is 1.14 bits per heavy atom. The molecule has 1 fully saturated rings. The summed E-state index contributed by atoms with van der Waals surface area (Å²) in [5, 5.41) is 20.9. The first kappa shape index (κ1) is 29.3. The van der Waals surface area contributed by atoms with Crippen molar-refractivity contribution in [2.24, 2.45) is 5.41 Å². The minimum atomic E-state index is -4.92. The maximum atomic E-state index is 14.1. The Labute approximate surface area is 224 Å². The molecule has 202 valence electrons. The number of rotatable bonds is 8. The molecule has 10 heteroatoms. The molecule has 37 heavy (non-hydrogen) atoms. The van der Waals surface area contributed by atoms with Gasteiger partial charge in [0.25, 0.3) is 0 Å². The van der Waals surface area contributed by atoms with Crippen LogP contribution in [0.2, 0.25) is 10.0 Å². The number of hydrogen-bond donors (Lipinski definition) is 2. The first-order chi connectivity index (χ1) is 17.1. The third-order valence-electron chi connectivity index (χ3n) is 7.24. The number of alkyl halides is 3. The molecule has 0 unspecified atom stereocenters. The molecule has 3 rings (SSSR count). The van der Waals surface area contributed by atoms with E-state index in [1.165, 1.54) is 11.8 Å². The molecule has 1 heterocycles. The first-order valence-electron chi connectivity index (χ1n) is 11.9. The van der Waals surface area contributed by atoms with Crippen LogP contribution in [0.5, 0.6) is 0 Å². The van der Waals surface area contributed by atoms with Crippen LogP contribution in [0.15, 0.2) is 48.5 Å². The van der Waals surface area contributed by atoms with Crippen LogP contribution in [0.3, 0.4) is 0 Å². The van der Waals surface area contributed by atoms with E-state index in [0.717, 1.165) is 5.56 Å². The highest BCUT2D eigenvalue weighted by atomic mass is 35.5. The zero-order valence-corrected chi connectivity index (χ0v) is 22.2. The van der Waals surface area contributed by atoms with Gasteiger partial charge >= 0.3 is 12.1 Å². The van der Waals surface area contributed by atoms with Crippen molar-refractivity contribution in [3.05, 3.63) is 69.7 Å². The van der Waals surface area contributed by atoms with E-state index in [2.05, 4.69) is 0 Å². The second kappa shape index (κ2) is 10.8. The molecule has 2 aromatic carbocycles. The van der Waals surface area contributed by atoms with E-state index in [0.29, 0.717) is 22.5 Å². The van der Waals surface area contributed by atoms with Crippen molar-refractivity contribution in [3.63, 3.8) is 0 Å². The molecule has 0 saturated carbocycles. The van der Waals surface area contributed by atoms with Crippen LogP contribution in [-0.2, 0) is 9.59 Å². The number of hydrogen-bond acceptors (Lipinski definition) is 3. The van der Waals surface area contributed by atoms with Gasteiger partial charge in [0.15, 0.2) is 5.60 Å². The van der Waals surface area contributed by atoms with Crippen LogP contribution in [-0.4, -0.2) is 44.8 Å². The van der Waals surface area contributed by atoms with Crippen molar-refractivity contribution in [1.29, 1.82) is 0 Å². The van der Waals surface area contributed by atoms with Gasteiger partial charge < -0.3 is 15.1 Å². The average molecular weight is 560 g/mol. The predicted molar refractivity (Wildman–Crippen MR) is 136 cm³/mol. The maximum absolute atomic E-state index is 14.1. The van der Waals surface area contributed by atoms with E-state index in [1.54, 1.807) is 55.5 Å². The largest absolute Gasteiger partial charge is 0.481 e. The summed E-state index contributed by atoms with van der Waals surface area (Å²) < 4.78 is 41.1. The van der Waals surface area contributed by atoms with Gasteiger partial charge in [-0.25, -0.2) is 0 Å². The highest BCUT2D eigenvalue weighted by molar-refractivity contribution is 6.30. The lowest BCUT2D eigenvalue weighted by Gasteiger charge is -2.52. The molecule has 0 spiro atoms. The topological polar surface area (TPSA) is 77.8 Å². The van der Waals surface area contributed by atoms with Crippen molar-refractivity contribution in [1.82, 2.24) is 4.90 Å². The number of carboxylic acids is 1. The molecule has 2 aromatic rings. The Morgan fingerprint density at radius 3 is 2.27 bits per heavy atom. The third kappa shape index (κ3) is 6.24. The van der Waals surface area contributed by atoms with Crippen molar-refractivity contribution < 1.29 is 33.0 Å². The van der Waals surface area contributed by atoms with Gasteiger partial charge in [0, 0.05) is 28.4 Å². The molecular formula is C27H30Cl2F3NO4. The van der Waals surface area contributed by atoms with Crippen molar-refractivity contribution >= 4 is 35.1 Å². The van der Waals surface area contributed by atoms with Crippen molar-refractivity contribution in [3.8, 4) is 0 Å². The molecule has 2 N–H and O–H groups in total. The Balaban J connectivity index is 2.25. The molecule has 1 aliphatic heterocycles. The molecule has 1 saturated heterocycles. The van der Waals surface area contributed by atoms with Gasteiger partial charge in [0.2, 0.25) is 5.91 Å². The molecule has 5 nitrogen and oxygen atoms in total. The minimum Gasteiger partial charge on any atom is -0.481 e. The number of piperidine rings is 1. The summed E-state index contributed by atoms with van der Waals surface area (Å²) in [7, 11) is 0. The molecule has 1 amide bonds. The van der Waals surface area contributed by atoms with Crippen molar-refractivity contribution in [2.75, 3.05) is 0 Å². The minimum absolute atomic E-state index is 0.105. The number of carbonyl (C=O) groups is 2. The van der Waals surface area contributed by atoms with E-state index >= 15 is 0 Å². The fraction of sp³-hybridized carbons (Fsp3) is 0.481. The highest BCUT2D eigenvalue weighted by Crippen LogP contribution is 2.53. The lowest BCUT2D eigenvalue weighted by molar-refractivity contribution is -0.259. The zero-order chi connectivity index (χ0) is 27.8. The normalized spacial score (nSPS) is 25.0. The first-order valence-corrected chi connectivity index (χ1v) is 12.7. The third-order valence-corrected chi connectivity index (χ3v) is 7.73. The van der Waals surface area contributed by atoms with Crippen LogP contribution in [0.1, 0.15) is 69.5 Å². The van der Waals surface area contributed by atoms with Crippen LogP contribution >= 0.6 is 23.2 Å². The predicted octanol–water partition coefficient (Wildman–Crippen LogP) is 7.01. The van der Waals surface area contributed by atoms with E-state index in [9.17, 15) is 33.0 Å². The lowest BCUT2D eigenvalue weighted by atomic mass is 9.66. The summed E-state index contributed by atoms with van der Waals surface area (Å²) in [4.78, 5) is 27.2. The van der Waals surface area contributed by atoms with E-state index in [4.69, 9.17) is 23.2 Å². The second-order valence-electron chi connectivity index (χ2n) is 10.2. The summed E-state index contributed by atoms with van der Waals surface area (Å²) in [6.45, 7) is 3.85. The van der Waals surface area contributed by atoms with E-state index in [-0.39, 0.29) is 12.8 Å². The van der Waals surface area contributed by atoms with E-state index in [1.807, 2.05) is 0 Å². The fourth-order valence-corrected chi connectivity index (χ4v) is 5.62. The molecule has 0 radical (unpaired) electrons. The van der Waals surface area contributed by atoms with Crippen molar-refractivity contribution in [2.45, 2.75) is 76.2 Å². The summed E-state index contributed by atoms with van der Waals surface area (Å²) in [6.07, 6.45) is -5.96. The second-order valence-corrected chi connectivity index (χ2v) is 11.1. The summed E-state index contributed by atoms with van der Waals surface area (Å²) in [5.74, 6) is -2.26. The number of nitrogens with zero attached hydrogens (tertiary/aromatic N) is 1. The van der Waals surface area contributed by atoms with Gasteiger partial charge in [-0.05, 0) is 55.2 Å². The standard InChI is InChI=1S/C27H30Cl2F3NO4/c1-4-20(13-26(3,37)27(30,31)32)33-23(16-8-10-18(28)11-9-16)21(17-6-5-7-19(29)12-17)14-25(2,24(33)36)15-22(34)35/h5-12,20-21,23,37H,4,13-15H2,1-3H3,(H,34,35)/t20-,21+,23+,25-,26-/m0/s1. The number of halogens is 5. The summed E-state index contributed by atoms with van der Waals surface area (Å²) in [6, 6.07) is 11.8. The molecule has 5 atom stereocenters. The monoisotopic (exact) mass is 559 g/mol. The Morgan fingerprint density at radius 2 is 1.76 bits per heavy atom. The SMILES string of the molecule is CC[C@@H](C[C@](C)(O)C(F)(F)F)N1C(=O)[C@](C)(CC(=O)O)C[C@H](c2cccc(Cl)c2)[C@H]1c1ccc(Cl)cc1. The number of aliphatic hydroxyl groups is 1. The van der Waals surface area contributed by atoms with Crippen LogP contribution in [0, 0.1) is 5.41 Å². The number of amides is 1. The maximum Gasteiger partial charge on any atom is 0.416 e. The summed E-state index contributed by atoms with van der Waals surface area (Å²) in [5.41, 5.74) is -3.12.